The zero-order valence-electron chi connectivity index (χ0n) is 13.8. The van der Waals surface area contributed by atoms with E-state index in [9.17, 15) is 4.39 Å². The Balaban J connectivity index is 1.40. The molecule has 4 heteroatoms. The van der Waals surface area contributed by atoms with Gasteiger partial charge < -0.3 is 15.4 Å². The Kier molecular flexibility index (Phi) is 4.44. The van der Waals surface area contributed by atoms with Gasteiger partial charge in [-0.25, -0.2) is 4.39 Å². The zero-order valence-corrected chi connectivity index (χ0v) is 13.8. The minimum absolute atomic E-state index is 0.275. The number of nitrogens with one attached hydrogen (secondary N) is 2. The van der Waals surface area contributed by atoms with Gasteiger partial charge in [0.05, 0.1) is 6.17 Å². The van der Waals surface area contributed by atoms with Gasteiger partial charge in [-0.3, -0.25) is 0 Å². The molecule has 0 amide bonds. The number of halogens is 1. The molecule has 3 nitrogen and oxygen atoms in total. The average Bonchev–Trinajstić information content (AvgIpc) is 3.17. The van der Waals surface area contributed by atoms with Gasteiger partial charge in [0.25, 0.3) is 0 Å². The van der Waals surface area contributed by atoms with E-state index in [4.69, 9.17) is 4.74 Å². The van der Waals surface area contributed by atoms with Crippen LogP contribution in [-0.2, 0) is 4.74 Å². The molecule has 0 aromatic rings. The van der Waals surface area contributed by atoms with Crippen LogP contribution in [-0.4, -0.2) is 38.6 Å². The highest BCUT2D eigenvalue weighted by Crippen LogP contribution is 2.43. The first kappa shape index (κ1) is 15.3. The van der Waals surface area contributed by atoms with Crippen molar-refractivity contribution in [3.63, 3.8) is 0 Å². The number of hydrogen-bond acceptors (Lipinski definition) is 3. The maximum Gasteiger partial charge on any atom is 0.103 e. The third-order valence-corrected chi connectivity index (χ3v) is 7.10. The third-order valence-electron chi connectivity index (χ3n) is 7.10. The van der Waals surface area contributed by atoms with Gasteiger partial charge in [0, 0.05) is 19.8 Å². The van der Waals surface area contributed by atoms with Crippen molar-refractivity contribution in [1.82, 2.24) is 10.6 Å². The molecule has 2 N–H and O–H groups in total. The van der Waals surface area contributed by atoms with E-state index in [1.54, 1.807) is 0 Å². The van der Waals surface area contributed by atoms with Gasteiger partial charge in [-0.2, -0.15) is 0 Å². The molecule has 3 aliphatic heterocycles. The van der Waals surface area contributed by atoms with Crippen LogP contribution in [0, 0.1) is 35.5 Å². The van der Waals surface area contributed by atoms with Gasteiger partial charge in [-0.05, 0) is 74.2 Å². The highest BCUT2D eigenvalue weighted by molar-refractivity contribution is 4.98. The van der Waals surface area contributed by atoms with Crippen LogP contribution in [0.2, 0.25) is 0 Å². The van der Waals surface area contributed by atoms with E-state index in [0.29, 0.717) is 18.0 Å². The second-order valence-corrected chi connectivity index (χ2v) is 8.31. The number of hydrogen-bond donors (Lipinski definition) is 2. The predicted octanol–water partition coefficient (Wildman–Crippen LogP) is 2.57. The molecule has 4 rings (SSSR count). The summed E-state index contributed by atoms with van der Waals surface area (Å²) in [4.78, 5) is 0. The molecule has 1 aliphatic carbocycles. The maximum absolute atomic E-state index is 14.1. The smallest absolute Gasteiger partial charge is 0.103 e. The van der Waals surface area contributed by atoms with E-state index in [0.717, 1.165) is 56.9 Å². The molecule has 0 aromatic heterocycles. The summed E-state index contributed by atoms with van der Waals surface area (Å²) in [6.45, 7) is 6.19. The van der Waals surface area contributed by atoms with E-state index in [-0.39, 0.29) is 5.92 Å². The molecule has 4 aliphatic rings. The van der Waals surface area contributed by atoms with Crippen LogP contribution in [0.25, 0.3) is 0 Å². The Morgan fingerprint density at radius 1 is 0.909 bits per heavy atom. The van der Waals surface area contributed by atoms with Gasteiger partial charge in [-0.1, -0.05) is 6.92 Å². The van der Waals surface area contributed by atoms with Crippen molar-refractivity contribution >= 4 is 0 Å². The Labute approximate surface area is 133 Å². The molecule has 0 spiro atoms. The van der Waals surface area contributed by atoms with Crippen molar-refractivity contribution in [1.29, 1.82) is 0 Å². The molecule has 3 saturated heterocycles. The lowest BCUT2D eigenvalue weighted by molar-refractivity contribution is 0.0651. The monoisotopic (exact) mass is 310 g/mol. The summed E-state index contributed by atoms with van der Waals surface area (Å²) in [6.07, 6.45) is 5.55. The zero-order chi connectivity index (χ0) is 15.1. The van der Waals surface area contributed by atoms with Crippen molar-refractivity contribution in [3.8, 4) is 0 Å². The van der Waals surface area contributed by atoms with Gasteiger partial charge in [0.2, 0.25) is 0 Å². The van der Waals surface area contributed by atoms with Gasteiger partial charge in [0.1, 0.15) is 6.17 Å². The van der Waals surface area contributed by atoms with Crippen LogP contribution >= 0.6 is 0 Å². The van der Waals surface area contributed by atoms with Crippen molar-refractivity contribution < 1.29 is 9.13 Å². The number of alkyl halides is 1. The average molecular weight is 310 g/mol. The first-order valence-corrected chi connectivity index (χ1v) is 9.41. The summed E-state index contributed by atoms with van der Waals surface area (Å²) >= 11 is 0. The molecule has 1 saturated carbocycles. The topological polar surface area (TPSA) is 33.3 Å². The first-order valence-electron chi connectivity index (χ1n) is 9.41. The Morgan fingerprint density at radius 3 is 2.55 bits per heavy atom. The Morgan fingerprint density at radius 2 is 1.77 bits per heavy atom. The summed E-state index contributed by atoms with van der Waals surface area (Å²) in [5.41, 5.74) is 0. The predicted molar refractivity (Wildman–Crippen MR) is 85.2 cm³/mol. The Hall–Kier alpha value is -0.190. The van der Waals surface area contributed by atoms with Crippen LogP contribution in [0.1, 0.15) is 39.0 Å². The molecule has 4 fully saturated rings. The standard InChI is InChI=1S/C18H31FN2O/c1-11-2-3-12(7-17(11)19)14-6-15-16(13-4-5-22-10-13)9-21-18(15)20-8-14/h11-18,20-21H,2-10H2,1H3. The summed E-state index contributed by atoms with van der Waals surface area (Å²) in [5, 5.41) is 7.42. The summed E-state index contributed by atoms with van der Waals surface area (Å²) < 4.78 is 19.7. The lowest BCUT2D eigenvalue weighted by Crippen LogP contribution is -2.51. The molecule has 126 valence electrons. The lowest BCUT2D eigenvalue weighted by Gasteiger charge is -2.42. The first-order chi connectivity index (χ1) is 10.7. The van der Waals surface area contributed by atoms with E-state index >= 15 is 0 Å². The summed E-state index contributed by atoms with van der Waals surface area (Å²) in [6, 6.07) is 0. The van der Waals surface area contributed by atoms with Crippen molar-refractivity contribution in [2.75, 3.05) is 26.3 Å². The molecule has 3 heterocycles. The van der Waals surface area contributed by atoms with Crippen molar-refractivity contribution in [3.05, 3.63) is 0 Å². The maximum atomic E-state index is 14.1. The quantitative estimate of drug-likeness (QED) is 0.822. The highest BCUT2D eigenvalue weighted by atomic mass is 19.1. The van der Waals surface area contributed by atoms with E-state index < -0.39 is 6.17 Å². The number of fused-ring (bicyclic) bond motifs is 1. The molecule has 8 unspecified atom stereocenters. The molecule has 8 atom stereocenters. The molecule has 0 bridgehead atoms. The number of piperidine rings is 1. The second kappa shape index (κ2) is 6.37. The normalized spacial score (nSPS) is 52.6. The van der Waals surface area contributed by atoms with Crippen molar-refractivity contribution in [2.45, 2.75) is 51.4 Å². The molecule has 22 heavy (non-hydrogen) atoms. The minimum atomic E-state index is -0.572. The van der Waals surface area contributed by atoms with Gasteiger partial charge in [-0.15, -0.1) is 0 Å². The fraction of sp³-hybridized carbons (Fsp3) is 1.00. The van der Waals surface area contributed by atoms with Crippen LogP contribution in [0.15, 0.2) is 0 Å². The van der Waals surface area contributed by atoms with Crippen LogP contribution in [0.3, 0.4) is 0 Å². The van der Waals surface area contributed by atoms with Gasteiger partial charge >= 0.3 is 0 Å². The van der Waals surface area contributed by atoms with Crippen LogP contribution in [0.5, 0.6) is 0 Å². The number of ether oxygens (including phenoxy) is 1. The molecule has 0 radical (unpaired) electrons. The lowest BCUT2D eigenvalue weighted by atomic mass is 9.68. The number of rotatable bonds is 2. The SMILES string of the molecule is CC1CCC(C2CNC3NCC(C4CCOC4)C3C2)CC1F. The second-order valence-electron chi connectivity index (χ2n) is 8.31. The highest BCUT2D eigenvalue weighted by Gasteiger charge is 2.46. The fourth-order valence-corrected chi connectivity index (χ4v) is 5.55. The van der Waals surface area contributed by atoms with Crippen LogP contribution in [0.4, 0.5) is 4.39 Å². The third kappa shape index (κ3) is 2.83. The van der Waals surface area contributed by atoms with Gasteiger partial charge in [0.15, 0.2) is 0 Å². The Bertz CT molecular complexity index is 387. The van der Waals surface area contributed by atoms with Crippen molar-refractivity contribution in [2.24, 2.45) is 35.5 Å². The largest absolute Gasteiger partial charge is 0.381 e. The molecule has 0 aromatic carbocycles. The van der Waals surface area contributed by atoms with E-state index in [1.807, 2.05) is 0 Å². The summed E-state index contributed by atoms with van der Waals surface area (Å²) in [5.74, 6) is 3.77. The van der Waals surface area contributed by atoms with E-state index in [1.165, 1.54) is 19.3 Å². The fourth-order valence-electron chi connectivity index (χ4n) is 5.55. The summed E-state index contributed by atoms with van der Waals surface area (Å²) in [7, 11) is 0. The van der Waals surface area contributed by atoms with Crippen LogP contribution < -0.4 is 10.6 Å². The molecular weight excluding hydrogens is 279 g/mol. The minimum Gasteiger partial charge on any atom is -0.381 e. The molecular formula is C18H31FN2O. The van der Waals surface area contributed by atoms with E-state index in [2.05, 4.69) is 17.6 Å².